The number of nitrogens with one attached hydrogen (secondary N) is 2. The van der Waals surface area contributed by atoms with Crippen LogP contribution in [0.5, 0.6) is 0 Å². The van der Waals surface area contributed by atoms with Gasteiger partial charge in [-0.2, -0.15) is 0 Å². The molecular weight excluding hydrogens is 465 g/mol. The zero-order chi connectivity index (χ0) is 18.9. The molecule has 1 atom stereocenters. The smallest absolute Gasteiger partial charge is 0.308 e. The summed E-state index contributed by atoms with van der Waals surface area (Å²) in [5.74, 6) is 1.31. The molecule has 0 aromatic heterocycles. The van der Waals surface area contributed by atoms with E-state index in [0.29, 0.717) is 24.9 Å². The van der Waals surface area contributed by atoms with Crippen LogP contribution in [0.25, 0.3) is 0 Å². The topological polar surface area (TPSA) is 79.8 Å². The molecule has 1 aliphatic rings. The van der Waals surface area contributed by atoms with Crippen LogP contribution < -0.4 is 10.6 Å². The maximum absolute atomic E-state index is 12.1. The van der Waals surface area contributed by atoms with Gasteiger partial charge in [0, 0.05) is 33.9 Å². The average molecular weight is 501 g/mol. The molecule has 6 nitrogen and oxygen atoms in total. The summed E-state index contributed by atoms with van der Waals surface area (Å²) < 4.78 is 17.0. The average Bonchev–Trinajstić information content (AvgIpc) is 2.55. The fourth-order valence-corrected chi connectivity index (χ4v) is 3.66. The van der Waals surface area contributed by atoms with Gasteiger partial charge in [0.1, 0.15) is 0 Å². The molecule has 0 spiro atoms. The highest BCUT2D eigenvalue weighted by molar-refractivity contribution is 14.0. The molecule has 1 unspecified atom stereocenters. The molecule has 26 heavy (non-hydrogen) atoms. The number of carbonyl (C=O) groups excluding carboxylic acids is 1. The molecular formula is C18H36IN3O3S. The van der Waals surface area contributed by atoms with Gasteiger partial charge in [0.15, 0.2) is 5.96 Å². The first-order chi connectivity index (χ1) is 11.8. The fraction of sp³-hybridized carbons (Fsp3) is 0.889. The van der Waals surface area contributed by atoms with Crippen molar-refractivity contribution in [2.75, 3.05) is 25.4 Å². The van der Waals surface area contributed by atoms with Crippen LogP contribution in [-0.4, -0.2) is 52.4 Å². The molecule has 1 aliphatic carbocycles. The largest absolute Gasteiger partial charge is 0.466 e. The number of aliphatic imine (C=N–C) groups is 1. The first-order valence-corrected chi connectivity index (χ1v) is 10.7. The third-order valence-corrected chi connectivity index (χ3v) is 6.18. The Morgan fingerprint density at radius 3 is 2.31 bits per heavy atom. The summed E-state index contributed by atoms with van der Waals surface area (Å²) in [4.78, 5) is 16.4. The van der Waals surface area contributed by atoms with E-state index in [1.807, 2.05) is 34.6 Å². The molecule has 0 amide bonds. The van der Waals surface area contributed by atoms with Crippen LogP contribution in [0.4, 0.5) is 0 Å². The van der Waals surface area contributed by atoms with E-state index in [-0.39, 0.29) is 40.6 Å². The van der Waals surface area contributed by atoms with Gasteiger partial charge in [-0.05, 0) is 60.3 Å². The summed E-state index contributed by atoms with van der Waals surface area (Å²) in [7, 11) is -0.891. The van der Waals surface area contributed by atoms with Gasteiger partial charge >= 0.3 is 5.97 Å². The minimum absolute atomic E-state index is 0. The van der Waals surface area contributed by atoms with Crippen molar-refractivity contribution >= 4 is 46.7 Å². The second kappa shape index (κ2) is 12.9. The number of ether oxygens (including phenoxy) is 1. The number of hydrogen-bond acceptors (Lipinski definition) is 4. The minimum Gasteiger partial charge on any atom is -0.466 e. The fourth-order valence-electron chi connectivity index (χ4n) is 2.79. The summed E-state index contributed by atoms with van der Waals surface area (Å²) in [6, 6.07) is 0.316. The summed E-state index contributed by atoms with van der Waals surface area (Å²) in [6.45, 7) is 11.6. The normalized spacial score (nSPS) is 22.1. The molecule has 1 rings (SSSR count). The Balaban J connectivity index is 0.00000625. The molecule has 2 N–H and O–H groups in total. The molecule has 0 aliphatic heterocycles. The van der Waals surface area contributed by atoms with Gasteiger partial charge in [0.2, 0.25) is 0 Å². The number of esters is 1. The van der Waals surface area contributed by atoms with E-state index in [1.54, 1.807) is 0 Å². The Hall–Kier alpha value is -0.380. The predicted molar refractivity (Wildman–Crippen MR) is 120 cm³/mol. The summed E-state index contributed by atoms with van der Waals surface area (Å²) in [5.41, 5.74) is 0. The molecule has 0 radical (unpaired) electrons. The SMILES string of the molecule is CCNC(=NCCS(=O)C(C)(C)C)NC1CCC(C(=O)OCC)CC1.I. The Morgan fingerprint density at radius 2 is 1.81 bits per heavy atom. The molecule has 0 aromatic rings. The zero-order valence-corrected chi connectivity index (χ0v) is 19.9. The van der Waals surface area contributed by atoms with Gasteiger partial charge in [-0.15, -0.1) is 24.0 Å². The number of hydrogen-bond donors (Lipinski definition) is 2. The quantitative estimate of drug-likeness (QED) is 0.243. The van der Waals surface area contributed by atoms with Gasteiger partial charge in [0.25, 0.3) is 0 Å². The first kappa shape index (κ1) is 25.6. The van der Waals surface area contributed by atoms with E-state index in [1.165, 1.54) is 0 Å². The minimum atomic E-state index is -0.891. The summed E-state index contributed by atoms with van der Waals surface area (Å²) in [5, 5.41) is 6.69. The standard InChI is InChI=1S/C18H35N3O3S.HI/c1-6-19-17(20-12-13-25(23)18(3,4)5)21-15-10-8-14(9-11-15)16(22)24-7-2;/h14-15H,6-13H2,1-5H3,(H2,19,20,21);1H. The van der Waals surface area contributed by atoms with Crippen molar-refractivity contribution in [2.24, 2.45) is 10.9 Å². The van der Waals surface area contributed by atoms with Crippen molar-refractivity contribution in [1.29, 1.82) is 0 Å². The summed E-state index contributed by atoms with van der Waals surface area (Å²) in [6.07, 6.45) is 3.57. The van der Waals surface area contributed by atoms with Crippen molar-refractivity contribution < 1.29 is 13.7 Å². The molecule has 1 fully saturated rings. The Morgan fingerprint density at radius 1 is 1.19 bits per heavy atom. The molecule has 0 heterocycles. The Bertz CT molecular complexity index is 473. The number of halogens is 1. The molecule has 0 bridgehead atoms. The van der Waals surface area contributed by atoms with E-state index >= 15 is 0 Å². The molecule has 0 aromatic carbocycles. The predicted octanol–water partition coefficient (Wildman–Crippen LogP) is 2.83. The van der Waals surface area contributed by atoms with Crippen molar-refractivity contribution in [3.8, 4) is 0 Å². The van der Waals surface area contributed by atoms with Crippen LogP contribution in [0.3, 0.4) is 0 Å². The lowest BCUT2D eigenvalue weighted by Gasteiger charge is -2.29. The summed E-state index contributed by atoms with van der Waals surface area (Å²) >= 11 is 0. The first-order valence-electron chi connectivity index (χ1n) is 9.37. The maximum Gasteiger partial charge on any atom is 0.308 e. The van der Waals surface area contributed by atoms with Gasteiger partial charge in [-0.1, -0.05) is 0 Å². The van der Waals surface area contributed by atoms with Crippen LogP contribution in [0.2, 0.25) is 0 Å². The van der Waals surface area contributed by atoms with Gasteiger partial charge in [-0.25, -0.2) is 0 Å². The number of nitrogens with zero attached hydrogens (tertiary/aromatic N) is 1. The van der Waals surface area contributed by atoms with E-state index < -0.39 is 10.8 Å². The Kier molecular flexibility index (Phi) is 12.7. The van der Waals surface area contributed by atoms with E-state index in [4.69, 9.17) is 4.74 Å². The molecule has 1 saturated carbocycles. The van der Waals surface area contributed by atoms with E-state index in [0.717, 1.165) is 38.2 Å². The number of rotatable bonds is 7. The third-order valence-electron chi connectivity index (χ3n) is 4.26. The van der Waals surface area contributed by atoms with Crippen molar-refractivity contribution in [1.82, 2.24) is 10.6 Å². The van der Waals surface area contributed by atoms with Crippen LogP contribution in [-0.2, 0) is 20.3 Å². The maximum atomic E-state index is 12.1. The molecule has 154 valence electrons. The Labute approximate surface area is 178 Å². The van der Waals surface area contributed by atoms with E-state index in [2.05, 4.69) is 15.6 Å². The van der Waals surface area contributed by atoms with Crippen molar-refractivity contribution in [3.63, 3.8) is 0 Å². The zero-order valence-electron chi connectivity index (χ0n) is 16.8. The van der Waals surface area contributed by atoms with Crippen LogP contribution in [0.15, 0.2) is 4.99 Å². The molecule has 0 saturated heterocycles. The lowest BCUT2D eigenvalue weighted by atomic mass is 9.86. The molecule has 8 heteroatoms. The monoisotopic (exact) mass is 501 g/mol. The van der Waals surface area contributed by atoms with Crippen LogP contribution in [0.1, 0.15) is 60.3 Å². The van der Waals surface area contributed by atoms with Crippen LogP contribution in [0, 0.1) is 5.92 Å². The van der Waals surface area contributed by atoms with E-state index in [9.17, 15) is 9.00 Å². The highest BCUT2D eigenvalue weighted by Gasteiger charge is 2.27. The van der Waals surface area contributed by atoms with Crippen LogP contribution >= 0.6 is 24.0 Å². The van der Waals surface area contributed by atoms with Gasteiger partial charge in [0.05, 0.1) is 19.1 Å². The van der Waals surface area contributed by atoms with Crippen molar-refractivity contribution in [3.05, 3.63) is 0 Å². The lowest BCUT2D eigenvalue weighted by Crippen LogP contribution is -2.45. The highest BCUT2D eigenvalue weighted by Crippen LogP contribution is 2.25. The second-order valence-corrected chi connectivity index (χ2v) is 9.69. The number of carbonyl (C=O) groups is 1. The number of guanidine groups is 1. The second-order valence-electron chi connectivity index (χ2n) is 7.37. The van der Waals surface area contributed by atoms with Gasteiger partial charge in [-0.3, -0.25) is 14.0 Å². The highest BCUT2D eigenvalue weighted by atomic mass is 127. The lowest BCUT2D eigenvalue weighted by molar-refractivity contribution is -0.149. The van der Waals surface area contributed by atoms with Gasteiger partial charge < -0.3 is 15.4 Å². The third kappa shape index (κ3) is 9.53. The van der Waals surface area contributed by atoms with Crippen molar-refractivity contribution in [2.45, 2.75) is 71.1 Å².